The van der Waals surface area contributed by atoms with Crippen molar-refractivity contribution in [2.24, 2.45) is 0 Å². The van der Waals surface area contributed by atoms with E-state index in [2.05, 4.69) is 21.0 Å². The van der Waals surface area contributed by atoms with Gasteiger partial charge in [0.1, 0.15) is 11.5 Å². The molecule has 2 aromatic rings. The van der Waals surface area contributed by atoms with E-state index in [1.807, 2.05) is 0 Å². The van der Waals surface area contributed by atoms with Gasteiger partial charge in [-0.2, -0.15) is 5.10 Å². The first-order valence-corrected chi connectivity index (χ1v) is 6.74. The zero-order valence-electron chi connectivity index (χ0n) is 10.3. The normalized spacial score (nSPS) is 14.1. The van der Waals surface area contributed by atoms with Crippen molar-refractivity contribution in [3.05, 3.63) is 45.4 Å². The third kappa shape index (κ3) is 2.12. The number of carbonyl (C=O) groups is 1. The number of ether oxygens (including phenoxy) is 1. The van der Waals surface area contributed by atoms with E-state index in [9.17, 15) is 14.3 Å². The van der Waals surface area contributed by atoms with Gasteiger partial charge >= 0.3 is 5.97 Å². The lowest BCUT2D eigenvalue weighted by atomic mass is 10.1. The minimum atomic E-state index is -1.14. The highest BCUT2D eigenvalue weighted by molar-refractivity contribution is 9.10. The Balaban J connectivity index is 2.23. The van der Waals surface area contributed by atoms with Crippen LogP contribution in [0.5, 0.6) is 0 Å². The first-order chi connectivity index (χ1) is 9.58. The molecule has 104 valence electrons. The minimum Gasteiger partial charge on any atom is -0.476 e. The summed E-state index contributed by atoms with van der Waals surface area (Å²) in [7, 11) is 0. The molecule has 5 nitrogen and oxygen atoms in total. The molecule has 3 rings (SSSR count). The number of aromatic nitrogens is 2. The molecular formula is C13H10BrFN2O3. The maximum Gasteiger partial charge on any atom is 0.356 e. The van der Waals surface area contributed by atoms with E-state index in [1.165, 1.54) is 10.7 Å². The lowest BCUT2D eigenvalue weighted by Crippen LogP contribution is -2.14. The molecule has 0 fully saturated rings. The summed E-state index contributed by atoms with van der Waals surface area (Å²) in [6.07, 6.45) is 0.502. The largest absolute Gasteiger partial charge is 0.476 e. The maximum atomic E-state index is 14.0. The van der Waals surface area contributed by atoms with Crippen molar-refractivity contribution >= 4 is 21.9 Å². The SMILES string of the molecule is O=C(O)c1nn(-c2cc(Br)ccc2F)c2c1COCC2. The lowest BCUT2D eigenvalue weighted by molar-refractivity contribution is 0.0677. The summed E-state index contributed by atoms with van der Waals surface area (Å²) in [5.41, 5.74) is 1.35. The number of carboxylic acids is 1. The van der Waals surface area contributed by atoms with E-state index in [0.29, 0.717) is 28.8 Å². The predicted molar refractivity (Wildman–Crippen MR) is 71.5 cm³/mol. The molecule has 1 aliphatic rings. The van der Waals surface area contributed by atoms with Crippen LogP contribution in [0.4, 0.5) is 4.39 Å². The molecule has 1 aromatic carbocycles. The van der Waals surface area contributed by atoms with Crippen LogP contribution in [-0.4, -0.2) is 27.5 Å². The molecule has 0 spiro atoms. The second-order valence-electron chi connectivity index (χ2n) is 4.39. The number of carboxylic acid groups (broad SMARTS) is 1. The number of fused-ring (bicyclic) bond motifs is 1. The van der Waals surface area contributed by atoms with E-state index in [1.54, 1.807) is 12.1 Å². The van der Waals surface area contributed by atoms with Gasteiger partial charge in [-0.15, -0.1) is 0 Å². The van der Waals surface area contributed by atoms with Crippen molar-refractivity contribution in [1.82, 2.24) is 9.78 Å². The standard InChI is InChI=1S/C13H10BrFN2O3/c14-7-1-2-9(15)11(5-7)17-10-3-4-20-6-8(10)12(16-17)13(18)19/h1-2,5H,3-4,6H2,(H,18,19). The molecule has 1 N–H and O–H groups in total. The number of aromatic carboxylic acids is 1. The molecule has 0 amide bonds. The van der Waals surface area contributed by atoms with Crippen molar-refractivity contribution in [1.29, 1.82) is 0 Å². The number of nitrogens with zero attached hydrogens (tertiary/aromatic N) is 2. The average molecular weight is 341 g/mol. The summed E-state index contributed by atoms with van der Waals surface area (Å²) in [6.45, 7) is 0.653. The summed E-state index contributed by atoms with van der Waals surface area (Å²) in [6, 6.07) is 4.47. The van der Waals surface area contributed by atoms with Gasteiger partial charge in [0.2, 0.25) is 0 Å². The van der Waals surface area contributed by atoms with E-state index in [0.717, 1.165) is 0 Å². The average Bonchev–Trinajstić information content (AvgIpc) is 2.81. The summed E-state index contributed by atoms with van der Waals surface area (Å²) in [5.74, 6) is -1.59. The van der Waals surface area contributed by atoms with Crippen molar-refractivity contribution in [3.8, 4) is 5.69 Å². The number of hydrogen-bond acceptors (Lipinski definition) is 3. The third-order valence-electron chi connectivity index (χ3n) is 3.16. The van der Waals surface area contributed by atoms with Gasteiger partial charge in [0.25, 0.3) is 0 Å². The number of halogens is 2. The fourth-order valence-electron chi connectivity index (χ4n) is 2.26. The van der Waals surface area contributed by atoms with Crippen LogP contribution in [0.2, 0.25) is 0 Å². The number of rotatable bonds is 2. The number of benzene rings is 1. The van der Waals surface area contributed by atoms with Gasteiger partial charge in [0.15, 0.2) is 5.69 Å². The Bertz CT molecular complexity index is 699. The second kappa shape index (κ2) is 4.99. The molecule has 1 aliphatic heterocycles. The molecule has 20 heavy (non-hydrogen) atoms. The van der Waals surface area contributed by atoms with E-state index in [-0.39, 0.29) is 18.0 Å². The van der Waals surface area contributed by atoms with Crippen LogP contribution in [-0.2, 0) is 17.8 Å². The van der Waals surface area contributed by atoms with Crippen molar-refractivity contribution < 1.29 is 19.0 Å². The maximum absolute atomic E-state index is 14.0. The highest BCUT2D eigenvalue weighted by atomic mass is 79.9. The fraction of sp³-hybridized carbons (Fsp3) is 0.231. The Kier molecular flexibility index (Phi) is 3.31. The fourth-order valence-corrected chi connectivity index (χ4v) is 2.60. The van der Waals surface area contributed by atoms with Crippen LogP contribution >= 0.6 is 15.9 Å². The van der Waals surface area contributed by atoms with Crippen LogP contribution < -0.4 is 0 Å². The molecule has 0 atom stereocenters. The van der Waals surface area contributed by atoms with Gasteiger partial charge in [0.05, 0.1) is 18.9 Å². The Morgan fingerprint density at radius 3 is 3.05 bits per heavy atom. The molecule has 7 heteroatoms. The van der Waals surface area contributed by atoms with Crippen molar-refractivity contribution in [2.45, 2.75) is 13.0 Å². The molecule has 0 unspecified atom stereocenters. The van der Waals surface area contributed by atoms with E-state index in [4.69, 9.17) is 4.74 Å². The highest BCUT2D eigenvalue weighted by Gasteiger charge is 2.26. The van der Waals surface area contributed by atoms with Crippen LogP contribution in [0.25, 0.3) is 5.69 Å². The smallest absolute Gasteiger partial charge is 0.356 e. The first kappa shape index (κ1) is 13.3. The summed E-state index contributed by atoms with van der Waals surface area (Å²) in [5, 5.41) is 13.2. The number of hydrogen-bond donors (Lipinski definition) is 1. The molecular weight excluding hydrogens is 331 g/mol. The Hall–Kier alpha value is -1.73. The van der Waals surface area contributed by atoms with Gasteiger partial charge in [-0.3, -0.25) is 0 Å². The second-order valence-corrected chi connectivity index (χ2v) is 5.30. The van der Waals surface area contributed by atoms with Gasteiger partial charge in [-0.05, 0) is 18.2 Å². The molecule has 0 radical (unpaired) electrons. The molecule has 1 aromatic heterocycles. The van der Waals surface area contributed by atoms with E-state index >= 15 is 0 Å². The van der Waals surface area contributed by atoms with Gasteiger partial charge < -0.3 is 9.84 Å². The van der Waals surface area contributed by atoms with Gasteiger partial charge in [-0.1, -0.05) is 15.9 Å². The topological polar surface area (TPSA) is 64.3 Å². The third-order valence-corrected chi connectivity index (χ3v) is 3.65. The zero-order chi connectivity index (χ0) is 14.3. The van der Waals surface area contributed by atoms with Crippen molar-refractivity contribution in [3.63, 3.8) is 0 Å². The van der Waals surface area contributed by atoms with Crippen LogP contribution in [0.1, 0.15) is 21.7 Å². The minimum absolute atomic E-state index is 0.0842. The molecule has 2 heterocycles. The van der Waals surface area contributed by atoms with Gasteiger partial charge in [0, 0.05) is 16.5 Å². The lowest BCUT2D eigenvalue weighted by Gasteiger charge is -2.15. The quantitative estimate of drug-likeness (QED) is 0.912. The predicted octanol–water partition coefficient (Wildman–Crippen LogP) is 2.54. The van der Waals surface area contributed by atoms with E-state index < -0.39 is 11.8 Å². The summed E-state index contributed by atoms with van der Waals surface area (Å²) in [4.78, 5) is 11.2. The monoisotopic (exact) mass is 340 g/mol. The highest BCUT2D eigenvalue weighted by Crippen LogP contribution is 2.26. The molecule has 0 bridgehead atoms. The Labute approximate surface area is 122 Å². The zero-order valence-corrected chi connectivity index (χ0v) is 11.9. The first-order valence-electron chi connectivity index (χ1n) is 5.95. The summed E-state index contributed by atoms with van der Waals surface area (Å²) >= 11 is 3.28. The van der Waals surface area contributed by atoms with Gasteiger partial charge in [-0.25, -0.2) is 13.9 Å². The molecule has 0 aliphatic carbocycles. The molecule has 0 saturated heterocycles. The van der Waals surface area contributed by atoms with Crippen LogP contribution in [0, 0.1) is 5.82 Å². The Morgan fingerprint density at radius 1 is 1.50 bits per heavy atom. The van der Waals surface area contributed by atoms with Crippen LogP contribution in [0.15, 0.2) is 22.7 Å². The van der Waals surface area contributed by atoms with Crippen LogP contribution in [0.3, 0.4) is 0 Å². The van der Waals surface area contributed by atoms with Crippen molar-refractivity contribution in [2.75, 3.05) is 6.61 Å². The molecule has 0 saturated carbocycles. The Morgan fingerprint density at radius 2 is 2.30 bits per heavy atom. The summed E-state index contributed by atoms with van der Waals surface area (Å²) < 4.78 is 21.3.